The Morgan fingerprint density at radius 3 is 2.38 bits per heavy atom. The van der Waals surface area contributed by atoms with Crippen LogP contribution in [0.15, 0.2) is 6.20 Å². The maximum absolute atomic E-state index is 4.13. The lowest BCUT2D eigenvalue weighted by Gasteiger charge is -2.06. The predicted octanol–water partition coefficient (Wildman–Crippen LogP) is 2.13. The number of aryl methyl sites for hydroxylation is 1. The summed E-state index contributed by atoms with van der Waals surface area (Å²) in [5.74, 6) is 6.33. The van der Waals surface area contributed by atoms with Gasteiger partial charge in [0.05, 0.1) is 17.5 Å². The van der Waals surface area contributed by atoms with E-state index in [0.717, 1.165) is 11.3 Å². The normalized spacial score (nSPS) is 10.8. The molecule has 1 aromatic rings. The van der Waals surface area contributed by atoms with Crippen molar-refractivity contribution in [1.82, 2.24) is 9.78 Å². The molecular formula is C11H16N2. The Labute approximate surface area is 80.0 Å². The number of nitrogens with zero attached hydrogens (tertiary/aromatic N) is 2. The van der Waals surface area contributed by atoms with E-state index in [4.69, 9.17) is 0 Å². The lowest BCUT2D eigenvalue weighted by atomic mass is 9.97. The first-order valence-corrected chi connectivity index (χ1v) is 4.42. The highest BCUT2D eigenvalue weighted by Crippen LogP contribution is 2.11. The largest absolute Gasteiger partial charge is 0.272 e. The average Bonchev–Trinajstić information content (AvgIpc) is 2.29. The van der Waals surface area contributed by atoms with Crippen molar-refractivity contribution in [3.8, 4) is 11.8 Å². The van der Waals surface area contributed by atoms with Crippen LogP contribution in [0.1, 0.15) is 32.0 Å². The molecule has 2 heteroatoms. The highest BCUT2D eigenvalue weighted by Gasteiger charge is 2.05. The van der Waals surface area contributed by atoms with Gasteiger partial charge in [-0.15, -0.1) is 0 Å². The molecule has 0 aliphatic carbocycles. The molecule has 70 valence electrons. The Bertz CT molecular complexity index is 356. The van der Waals surface area contributed by atoms with Gasteiger partial charge in [-0.1, -0.05) is 11.8 Å². The summed E-state index contributed by atoms with van der Waals surface area (Å²) in [5.41, 5.74) is 2.21. The molecule has 0 aliphatic rings. The number of hydrogen-bond acceptors (Lipinski definition) is 1. The number of aromatic nitrogens is 2. The predicted molar refractivity (Wildman–Crippen MR) is 54.3 cm³/mol. The molecule has 0 aromatic carbocycles. The van der Waals surface area contributed by atoms with E-state index < -0.39 is 0 Å². The maximum Gasteiger partial charge on any atom is 0.0654 e. The molecule has 1 heterocycles. The van der Waals surface area contributed by atoms with Crippen molar-refractivity contribution in [3.05, 3.63) is 17.5 Å². The van der Waals surface area contributed by atoms with E-state index in [2.05, 4.69) is 37.7 Å². The Morgan fingerprint density at radius 2 is 2.00 bits per heavy atom. The molecule has 0 aliphatic heterocycles. The number of rotatable bonds is 0. The number of hydrogen-bond donors (Lipinski definition) is 0. The van der Waals surface area contributed by atoms with Gasteiger partial charge < -0.3 is 0 Å². The molecule has 2 nitrogen and oxygen atoms in total. The lowest BCUT2D eigenvalue weighted by molar-refractivity contribution is 0.571. The van der Waals surface area contributed by atoms with E-state index in [1.165, 1.54) is 0 Å². The fourth-order valence-electron chi connectivity index (χ4n) is 0.876. The Hall–Kier alpha value is -1.23. The van der Waals surface area contributed by atoms with Crippen molar-refractivity contribution in [2.75, 3.05) is 0 Å². The Kier molecular flexibility index (Phi) is 2.47. The third kappa shape index (κ3) is 2.62. The second-order valence-electron chi connectivity index (χ2n) is 4.27. The standard InChI is InChI=1S/C11H16N2/c1-9-10(8-12-13(9)5)6-7-11(2,3)4/h8H,1-5H3. The molecule has 1 rings (SSSR count). The van der Waals surface area contributed by atoms with E-state index in [-0.39, 0.29) is 5.41 Å². The summed E-state index contributed by atoms with van der Waals surface area (Å²) in [5, 5.41) is 4.13. The van der Waals surface area contributed by atoms with E-state index in [1.807, 2.05) is 24.9 Å². The summed E-state index contributed by atoms with van der Waals surface area (Å²) in [4.78, 5) is 0. The van der Waals surface area contributed by atoms with Crippen molar-refractivity contribution in [2.24, 2.45) is 12.5 Å². The molecule has 0 fully saturated rings. The Balaban J connectivity index is 2.97. The fourth-order valence-corrected chi connectivity index (χ4v) is 0.876. The van der Waals surface area contributed by atoms with Gasteiger partial charge in [0, 0.05) is 12.5 Å². The molecule has 0 unspecified atom stereocenters. The van der Waals surface area contributed by atoms with E-state index in [9.17, 15) is 0 Å². The summed E-state index contributed by atoms with van der Waals surface area (Å²) >= 11 is 0. The van der Waals surface area contributed by atoms with E-state index in [0.29, 0.717) is 0 Å². The van der Waals surface area contributed by atoms with Crippen LogP contribution in [0.3, 0.4) is 0 Å². The molecule has 0 bridgehead atoms. The summed E-state index contributed by atoms with van der Waals surface area (Å²) in [6.07, 6.45) is 1.81. The first-order valence-electron chi connectivity index (χ1n) is 4.42. The molecule has 0 spiro atoms. The molecule has 0 saturated carbocycles. The van der Waals surface area contributed by atoms with Crippen LogP contribution in [0.4, 0.5) is 0 Å². The minimum Gasteiger partial charge on any atom is -0.272 e. The van der Waals surface area contributed by atoms with Crippen molar-refractivity contribution in [1.29, 1.82) is 0 Å². The van der Waals surface area contributed by atoms with Crippen LogP contribution >= 0.6 is 0 Å². The molecule has 0 N–H and O–H groups in total. The Morgan fingerprint density at radius 1 is 1.38 bits per heavy atom. The SMILES string of the molecule is Cc1c(C#CC(C)(C)C)cnn1C. The molecular weight excluding hydrogens is 160 g/mol. The smallest absolute Gasteiger partial charge is 0.0654 e. The van der Waals surface area contributed by atoms with Gasteiger partial charge >= 0.3 is 0 Å². The topological polar surface area (TPSA) is 17.8 Å². The summed E-state index contributed by atoms with van der Waals surface area (Å²) in [6, 6.07) is 0. The first kappa shape index (κ1) is 9.85. The monoisotopic (exact) mass is 176 g/mol. The van der Waals surface area contributed by atoms with Gasteiger partial charge in [-0.3, -0.25) is 4.68 Å². The second kappa shape index (κ2) is 3.26. The molecule has 0 amide bonds. The zero-order valence-electron chi connectivity index (χ0n) is 8.97. The highest BCUT2D eigenvalue weighted by molar-refractivity contribution is 5.36. The third-order valence-electron chi connectivity index (χ3n) is 1.81. The second-order valence-corrected chi connectivity index (χ2v) is 4.27. The average molecular weight is 176 g/mol. The van der Waals surface area contributed by atoms with E-state index >= 15 is 0 Å². The van der Waals surface area contributed by atoms with Crippen LogP contribution in [-0.4, -0.2) is 9.78 Å². The van der Waals surface area contributed by atoms with Crippen molar-refractivity contribution >= 4 is 0 Å². The van der Waals surface area contributed by atoms with Crippen LogP contribution in [0.25, 0.3) is 0 Å². The van der Waals surface area contributed by atoms with Gasteiger partial charge in [0.2, 0.25) is 0 Å². The fraction of sp³-hybridized carbons (Fsp3) is 0.545. The molecule has 1 aromatic heterocycles. The summed E-state index contributed by atoms with van der Waals surface area (Å²) in [7, 11) is 1.93. The quantitative estimate of drug-likeness (QED) is 0.554. The molecule has 0 atom stereocenters. The van der Waals surface area contributed by atoms with Crippen molar-refractivity contribution in [3.63, 3.8) is 0 Å². The van der Waals surface area contributed by atoms with Crippen molar-refractivity contribution in [2.45, 2.75) is 27.7 Å². The van der Waals surface area contributed by atoms with E-state index in [1.54, 1.807) is 0 Å². The molecule has 0 radical (unpaired) electrons. The van der Waals surface area contributed by atoms with Gasteiger partial charge in [-0.25, -0.2) is 0 Å². The van der Waals surface area contributed by atoms with Crippen LogP contribution in [0, 0.1) is 24.2 Å². The maximum atomic E-state index is 4.13. The van der Waals surface area contributed by atoms with Crippen LogP contribution < -0.4 is 0 Å². The minimum atomic E-state index is 0.0578. The van der Waals surface area contributed by atoms with Crippen LogP contribution in [0.5, 0.6) is 0 Å². The van der Waals surface area contributed by atoms with Gasteiger partial charge in [0.15, 0.2) is 0 Å². The van der Waals surface area contributed by atoms with Gasteiger partial charge in [0.1, 0.15) is 0 Å². The highest BCUT2D eigenvalue weighted by atomic mass is 15.3. The zero-order chi connectivity index (χ0) is 10.1. The minimum absolute atomic E-state index is 0.0578. The zero-order valence-corrected chi connectivity index (χ0v) is 8.97. The van der Waals surface area contributed by atoms with Crippen LogP contribution in [0.2, 0.25) is 0 Å². The molecule has 13 heavy (non-hydrogen) atoms. The molecule has 0 saturated heterocycles. The first-order chi connectivity index (χ1) is 5.90. The van der Waals surface area contributed by atoms with Crippen LogP contribution in [-0.2, 0) is 7.05 Å². The van der Waals surface area contributed by atoms with Gasteiger partial charge in [-0.05, 0) is 27.7 Å². The van der Waals surface area contributed by atoms with Crippen molar-refractivity contribution < 1.29 is 0 Å². The van der Waals surface area contributed by atoms with Gasteiger partial charge in [0.25, 0.3) is 0 Å². The summed E-state index contributed by atoms with van der Waals surface area (Å²) in [6.45, 7) is 8.34. The summed E-state index contributed by atoms with van der Waals surface area (Å²) < 4.78 is 1.84. The van der Waals surface area contributed by atoms with Gasteiger partial charge in [-0.2, -0.15) is 5.10 Å². The lowest BCUT2D eigenvalue weighted by Crippen LogP contribution is -1.99. The third-order valence-corrected chi connectivity index (χ3v) is 1.81.